The lowest BCUT2D eigenvalue weighted by Gasteiger charge is -2.34. The third kappa shape index (κ3) is 2.91. The Kier molecular flexibility index (Phi) is 4.31. The van der Waals surface area contributed by atoms with Gasteiger partial charge >= 0.3 is 0 Å². The predicted molar refractivity (Wildman–Crippen MR) is 102 cm³/mol. The van der Waals surface area contributed by atoms with Gasteiger partial charge in [0.1, 0.15) is 12.1 Å². The van der Waals surface area contributed by atoms with Crippen LogP contribution in [0.5, 0.6) is 0 Å². The number of para-hydroxylation sites is 1. The van der Waals surface area contributed by atoms with Crippen molar-refractivity contribution in [1.29, 1.82) is 0 Å². The molecule has 0 aliphatic carbocycles. The number of carbonyl (C=O) groups excluding carboxylic acids is 2. The zero-order valence-electron chi connectivity index (χ0n) is 15.3. The van der Waals surface area contributed by atoms with Crippen LogP contribution in [0.4, 0.5) is 0 Å². The highest BCUT2D eigenvalue weighted by Gasteiger charge is 2.43. The van der Waals surface area contributed by atoms with Crippen LogP contribution in [0.25, 0.3) is 10.9 Å². The number of nitrogens with zero attached hydrogens (tertiary/aromatic N) is 1. The summed E-state index contributed by atoms with van der Waals surface area (Å²) in [6.45, 7) is 4.87. The monoisotopic (exact) mass is 351 g/mol. The van der Waals surface area contributed by atoms with E-state index in [-0.39, 0.29) is 17.9 Å². The number of piperazine rings is 1. The molecule has 136 valence electrons. The molecule has 2 N–H and O–H groups in total. The van der Waals surface area contributed by atoms with E-state index in [4.69, 9.17) is 0 Å². The van der Waals surface area contributed by atoms with Gasteiger partial charge in [0.25, 0.3) is 0 Å². The summed E-state index contributed by atoms with van der Waals surface area (Å²) < 4.78 is 0. The summed E-state index contributed by atoms with van der Waals surface area (Å²) in [7, 11) is 0. The number of H-pyrrole nitrogens is 1. The number of aromatic nitrogens is 1. The van der Waals surface area contributed by atoms with Crippen LogP contribution in [0.15, 0.2) is 35.9 Å². The van der Waals surface area contributed by atoms with Crippen molar-refractivity contribution in [2.75, 3.05) is 6.54 Å². The first-order valence-corrected chi connectivity index (χ1v) is 9.37. The standard InChI is InChI=1S/C21H25N3O2/c1-13(2)9-10-17-15(14-6-3-4-7-16(14)22-17)12-18-21(26)24-11-5-8-19(24)20(25)23-18/h3-4,6-7,9,18-19,22H,5,8,10-12H2,1-2H3,(H,23,25)/t18-,19+/m1/s1. The number of fused-ring (bicyclic) bond motifs is 2. The fourth-order valence-corrected chi connectivity index (χ4v) is 4.14. The van der Waals surface area contributed by atoms with Crippen molar-refractivity contribution in [2.45, 2.75) is 51.6 Å². The number of rotatable bonds is 4. The molecular formula is C21H25N3O2. The van der Waals surface area contributed by atoms with Gasteiger partial charge in [0.05, 0.1) is 0 Å². The third-order valence-electron chi connectivity index (χ3n) is 5.48. The molecule has 1 aromatic heterocycles. The average molecular weight is 351 g/mol. The quantitative estimate of drug-likeness (QED) is 0.832. The Morgan fingerprint density at radius 1 is 1.27 bits per heavy atom. The molecule has 2 aromatic rings. The van der Waals surface area contributed by atoms with Crippen LogP contribution in [-0.2, 0) is 22.4 Å². The predicted octanol–water partition coefficient (Wildman–Crippen LogP) is 2.71. The Morgan fingerprint density at radius 2 is 2.08 bits per heavy atom. The number of hydrogen-bond donors (Lipinski definition) is 2. The highest BCUT2D eigenvalue weighted by Crippen LogP contribution is 2.28. The molecule has 0 spiro atoms. The minimum atomic E-state index is -0.471. The second kappa shape index (κ2) is 6.63. The van der Waals surface area contributed by atoms with Gasteiger partial charge in [-0.3, -0.25) is 9.59 Å². The number of hydrogen-bond acceptors (Lipinski definition) is 2. The number of aromatic amines is 1. The van der Waals surface area contributed by atoms with E-state index in [1.807, 2.05) is 12.1 Å². The topological polar surface area (TPSA) is 65.2 Å². The molecule has 5 heteroatoms. The molecule has 2 saturated heterocycles. The Balaban J connectivity index is 1.67. The van der Waals surface area contributed by atoms with Crippen molar-refractivity contribution in [1.82, 2.24) is 15.2 Å². The summed E-state index contributed by atoms with van der Waals surface area (Å²) >= 11 is 0. The van der Waals surface area contributed by atoms with Gasteiger partial charge in [-0.15, -0.1) is 0 Å². The Bertz CT molecular complexity index is 892. The molecule has 2 fully saturated rings. The van der Waals surface area contributed by atoms with Crippen molar-refractivity contribution < 1.29 is 9.59 Å². The van der Waals surface area contributed by atoms with Crippen molar-refractivity contribution in [3.63, 3.8) is 0 Å². The van der Waals surface area contributed by atoms with Crippen LogP contribution in [0, 0.1) is 0 Å². The van der Waals surface area contributed by atoms with Crippen LogP contribution in [0.2, 0.25) is 0 Å². The number of nitrogens with one attached hydrogen (secondary N) is 2. The molecule has 0 saturated carbocycles. The molecular weight excluding hydrogens is 326 g/mol. The molecule has 1 aromatic carbocycles. The van der Waals surface area contributed by atoms with Crippen molar-refractivity contribution >= 4 is 22.7 Å². The molecule has 2 atom stereocenters. The van der Waals surface area contributed by atoms with Gasteiger partial charge in [0, 0.05) is 36.0 Å². The van der Waals surface area contributed by atoms with Gasteiger partial charge in [0.2, 0.25) is 11.8 Å². The highest BCUT2D eigenvalue weighted by molar-refractivity contribution is 5.98. The molecule has 0 radical (unpaired) electrons. The second-order valence-corrected chi connectivity index (χ2v) is 7.57. The maximum Gasteiger partial charge on any atom is 0.246 e. The number of amides is 2. The Morgan fingerprint density at radius 3 is 2.88 bits per heavy atom. The van der Waals surface area contributed by atoms with E-state index in [0.717, 1.165) is 41.4 Å². The van der Waals surface area contributed by atoms with Gasteiger partial charge in [-0.2, -0.15) is 0 Å². The van der Waals surface area contributed by atoms with E-state index < -0.39 is 6.04 Å². The van der Waals surface area contributed by atoms with Gasteiger partial charge in [-0.05, 0) is 38.3 Å². The largest absolute Gasteiger partial charge is 0.358 e. The summed E-state index contributed by atoms with van der Waals surface area (Å²) in [5.41, 5.74) is 4.59. The molecule has 3 heterocycles. The highest BCUT2D eigenvalue weighted by atomic mass is 16.2. The summed E-state index contributed by atoms with van der Waals surface area (Å²) in [6.07, 6.45) is 5.21. The van der Waals surface area contributed by atoms with Crippen LogP contribution in [0.3, 0.4) is 0 Å². The van der Waals surface area contributed by atoms with Crippen LogP contribution in [0.1, 0.15) is 37.9 Å². The first kappa shape index (κ1) is 16.9. The summed E-state index contributed by atoms with van der Waals surface area (Å²) in [6, 6.07) is 7.44. The van der Waals surface area contributed by atoms with E-state index in [0.29, 0.717) is 13.0 Å². The van der Waals surface area contributed by atoms with Gasteiger partial charge in [0.15, 0.2) is 0 Å². The molecule has 0 unspecified atom stereocenters. The van der Waals surface area contributed by atoms with E-state index >= 15 is 0 Å². The summed E-state index contributed by atoms with van der Waals surface area (Å²) in [4.78, 5) is 30.6. The third-order valence-corrected chi connectivity index (χ3v) is 5.48. The second-order valence-electron chi connectivity index (χ2n) is 7.57. The molecule has 26 heavy (non-hydrogen) atoms. The SMILES string of the molecule is CC(C)=CCc1[nH]c2ccccc2c1C[C@H]1NC(=O)[C@@H]2CCCN2C1=O. The first-order valence-electron chi connectivity index (χ1n) is 9.37. The fraction of sp³-hybridized carbons (Fsp3) is 0.429. The van der Waals surface area contributed by atoms with Gasteiger partial charge in [-0.25, -0.2) is 0 Å². The maximum atomic E-state index is 12.9. The summed E-state index contributed by atoms with van der Waals surface area (Å²) in [5.74, 6) is 0.0586. The molecule has 2 aliphatic heterocycles. The van der Waals surface area contributed by atoms with Crippen molar-refractivity contribution in [3.05, 3.63) is 47.2 Å². The number of carbonyl (C=O) groups is 2. The molecule has 2 amide bonds. The summed E-state index contributed by atoms with van der Waals surface area (Å²) in [5, 5.41) is 4.11. The lowest BCUT2D eigenvalue weighted by Crippen LogP contribution is -2.61. The molecule has 5 nitrogen and oxygen atoms in total. The van der Waals surface area contributed by atoms with E-state index in [9.17, 15) is 9.59 Å². The lowest BCUT2D eigenvalue weighted by atomic mass is 9.97. The Labute approximate surface area is 153 Å². The minimum Gasteiger partial charge on any atom is -0.358 e. The number of allylic oxidation sites excluding steroid dienone is 2. The maximum absolute atomic E-state index is 12.9. The van der Waals surface area contributed by atoms with Crippen LogP contribution in [-0.4, -0.2) is 40.3 Å². The van der Waals surface area contributed by atoms with Crippen LogP contribution >= 0.6 is 0 Å². The molecule has 4 rings (SSSR count). The van der Waals surface area contributed by atoms with E-state index in [1.165, 1.54) is 5.57 Å². The van der Waals surface area contributed by atoms with Gasteiger partial charge < -0.3 is 15.2 Å². The molecule has 2 aliphatic rings. The lowest BCUT2D eigenvalue weighted by molar-refractivity contribution is -0.146. The van der Waals surface area contributed by atoms with Crippen molar-refractivity contribution in [3.8, 4) is 0 Å². The Hall–Kier alpha value is -2.56. The fourth-order valence-electron chi connectivity index (χ4n) is 4.14. The normalized spacial score (nSPS) is 22.5. The van der Waals surface area contributed by atoms with Crippen LogP contribution < -0.4 is 5.32 Å². The van der Waals surface area contributed by atoms with E-state index in [1.54, 1.807) is 4.90 Å². The van der Waals surface area contributed by atoms with Gasteiger partial charge in [-0.1, -0.05) is 29.8 Å². The average Bonchev–Trinajstić information content (AvgIpc) is 3.23. The number of benzene rings is 1. The zero-order chi connectivity index (χ0) is 18.3. The molecule has 0 bridgehead atoms. The zero-order valence-corrected chi connectivity index (χ0v) is 15.3. The van der Waals surface area contributed by atoms with E-state index in [2.05, 4.69) is 42.4 Å². The minimum absolute atomic E-state index is 0.00205. The van der Waals surface area contributed by atoms with Crippen molar-refractivity contribution in [2.24, 2.45) is 0 Å². The smallest absolute Gasteiger partial charge is 0.246 e. The first-order chi connectivity index (χ1) is 12.5.